The second-order valence-electron chi connectivity index (χ2n) is 6.42. The van der Waals surface area contributed by atoms with E-state index in [1.165, 1.54) is 29.2 Å². The number of carbonyl (C=O) groups excluding carboxylic acids is 3. The zero-order valence-electron chi connectivity index (χ0n) is 15.7. The van der Waals surface area contributed by atoms with Crippen LogP contribution in [0, 0.1) is 5.82 Å². The highest BCUT2D eigenvalue weighted by molar-refractivity contribution is 6.15. The summed E-state index contributed by atoms with van der Waals surface area (Å²) in [4.78, 5) is 39.1. The Hall–Kier alpha value is -3.02. The predicted octanol–water partition coefficient (Wildman–Crippen LogP) is 3.04. The lowest BCUT2D eigenvalue weighted by atomic mass is 9.97. The van der Waals surface area contributed by atoms with E-state index in [0.29, 0.717) is 6.54 Å². The van der Waals surface area contributed by atoms with Crippen molar-refractivity contribution in [3.05, 3.63) is 71.0 Å². The Balaban J connectivity index is 2.29. The topological polar surface area (TPSA) is 66.5 Å². The summed E-state index contributed by atoms with van der Waals surface area (Å²) in [6, 6.07) is 11.6. The number of nitrogens with zero attached hydrogens (tertiary/aromatic N) is 1. The monoisotopic (exact) mass is 370 g/mol. The molecule has 0 aromatic heterocycles. The van der Waals surface area contributed by atoms with Crippen molar-refractivity contribution in [3.63, 3.8) is 0 Å². The number of hydrogen-bond acceptors (Lipinski definition) is 3. The Bertz CT molecular complexity index is 832. The summed E-state index contributed by atoms with van der Waals surface area (Å²) in [5.41, 5.74) is 0.722. The van der Waals surface area contributed by atoms with Crippen molar-refractivity contribution < 1.29 is 18.8 Å². The summed E-state index contributed by atoms with van der Waals surface area (Å²) in [7, 11) is 0. The first-order valence-electron chi connectivity index (χ1n) is 8.81. The van der Waals surface area contributed by atoms with Gasteiger partial charge in [-0.15, -0.1) is 0 Å². The van der Waals surface area contributed by atoms with E-state index in [9.17, 15) is 18.8 Å². The molecule has 5 nitrogen and oxygen atoms in total. The predicted molar refractivity (Wildman–Crippen MR) is 101 cm³/mol. The van der Waals surface area contributed by atoms with Crippen LogP contribution in [-0.2, 0) is 4.79 Å². The van der Waals surface area contributed by atoms with Crippen molar-refractivity contribution in [2.24, 2.45) is 0 Å². The van der Waals surface area contributed by atoms with E-state index < -0.39 is 11.7 Å². The molecule has 0 aliphatic carbocycles. The molecular weight excluding hydrogens is 347 g/mol. The number of benzene rings is 2. The molecule has 0 heterocycles. The third kappa shape index (κ3) is 5.23. The van der Waals surface area contributed by atoms with E-state index in [-0.39, 0.29) is 41.0 Å². The number of rotatable bonds is 7. The summed E-state index contributed by atoms with van der Waals surface area (Å²) in [5.74, 6) is -1.48. The standard InChI is InChI=1S/C21H23FN2O3/c1-4-24(13-19(25)23-14(2)3)21(27)18-8-6-5-7-17(18)20(26)15-9-11-16(22)12-10-15/h5-12,14H,4,13H2,1-3H3,(H,23,25). The van der Waals surface area contributed by atoms with Gasteiger partial charge in [-0.2, -0.15) is 0 Å². The van der Waals surface area contributed by atoms with Gasteiger partial charge in [-0.3, -0.25) is 14.4 Å². The number of nitrogens with one attached hydrogen (secondary N) is 1. The highest BCUT2D eigenvalue weighted by atomic mass is 19.1. The Morgan fingerprint density at radius 3 is 2.15 bits per heavy atom. The maximum atomic E-state index is 13.1. The van der Waals surface area contributed by atoms with Gasteiger partial charge >= 0.3 is 0 Å². The molecule has 1 N–H and O–H groups in total. The van der Waals surface area contributed by atoms with Crippen LogP contribution < -0.4 is 5.32 Å². The summed E-state index contributed by atoms with van der Waals surface area (Å²) >= 11 is 0. The van der Waals surface area contributed by atoms with Gasteiger partial charge in [-0.05, 0) is 51.1 Å². The fourth-order valence-corrected chi connectivity index (χ4v) is 2.66. The number of likely N-dealkylation sites (N-methyl/N-ethyl adjacent to an activating group) is 1. The molecule has 27 heavy (non-hydrogen) atoms. The van der Waals surface area contributed by atoms with Crippen molar-refractivity contribution in [1.29, 1.82) is 0 Å². The first-order chi connectivity index (χ1) is 12.8. The molecule has 2 aromatic rings. The van der Waals surface area contributed by atoms with Crippen LogP contribution in [0.4, 0.5) is 4.39 Å². The molecule has 0 fully saturated rings. The number of ketones is 1. The number of carbonyl (C=O) groups is 3. The minimum absolute atomic E-state index is 0.0290. The molecule has 2 amide bonds. The van der Waals surface area contributed by atoms with Gasteiger partial charge in [0.1, 0.15) is 5.82 Å². The Kier molecular flexibility index (Phi) is 6.82. The van der Waals surface area contributed by atoms with E-state index in [1.54, 1.807) is 31.2 Å². The van der Waals surface area contributed by atoms with Gasteiger partial charge < -0.3 is 10.2 Å². The molecule has 0 radical (unpaired) electrons. The first-order valence-corrected chi connectivity index (χ1v) is 8.81. The normalized spacial score (nSPS) is 10.6. The summed E-state index contributed by atoms with van der Waals surface area (Å²) < 4.78 is 13.1. The average Bonchev–Trinajstić information content (AvgIpc) is 2.65. The second-order valence-corrected chi connectivity index (χ2v) is 6.42. The van der Waals surface area contributed by atoms with Crippen LogP contribution in [0.5, 0.6) is 0 Å². The van der Waals surface area contributed by atoms with Crippen molar-refractivity contribution in [2.75, 3.05) is 13.1 Å². The Labute approximate surface area is 158 Å². The molecule has 0 unspecified atom stereocenters. The van der Waals surface area contributed by atoms with E-state index in [4.69, 9.17) is 0 Å². The lowest BCUT2D eigenvalue weighted by Crippen LogP contribution is -2.43. The quantitative estimate of drug-likeness (QED) is 0.762. The van der Waals surface area contributed by atoms with Gasteiger partial charge in [0.2, 0.25) is 5.91 Å². The van der Waals surface area contributed by atoms with Gasteiger partial charge in [-0.25, -0.2) is 4.39 Å². The molecular formula is C21H23FN2O3. The Morgan fingerprint density at radius 1 is 1.00 bits per heavy atom. The van der Waals surface area contributed by atoms with E-state index in [0.717, 1.165) is 0 Å². The fourth-order valence-electron chi connectivity index (χ4n) is 2.66. The van der Waals surface area contributed by atoms with Gasteiger partial charge in [0.05, 0.1) is 12.1 Å². The van der Waals surface area contributed by atoms with Gasteiger partial charge in [0.25, 0.3) is 5.91 Å². The van der Waals surface area contributed by atoms with Crippen LogP contribution >= 0.6 is 0 Å². The average molecular weight is 370 g/mol. The van der Waals surface area contributed by atoms with E-state index in [1.807, 2.05) is 13.8 Å². The van der Waals surface area contributed by atoms with Crippen molar-refractivity contribution >= 4 is 17.6 Å². The number of amides is 2. The van der Waals surface area contributed by atoms with Crippen LogP contribution in [0.2, 0.25) is 0 Å². The lowest BCUT2D eigenvalue weighted by molar-refractivity contribution is -0.122. The molecule has 2 rings (SSSR count). The van der Waals surface area contributed by atoms with Crippen LogP contribution in [-0.4, -0.2) is 41.6 Å². The van der Waals surface area contributed by atoms with Crippen molar-refractivity contribution in [3.8, 4) is 0 Å². The molecule has 0 atom stereocenters. The van der Waals surface area contributed by atoms with Crippen molar-refractivity contribution in [2.45, 2.75) is 26.8 Å². The second kappa shape index (κ2) is 9.07. The summed E-state index contributed by atoms with van der Waals surface area (Å²) in [5, 5.41) is 2.75. The Morgan fingerprint density at radius 2 is 1.59 bits per heavy atom. The van der Waals surface area contributed by atoms with E-state index >= 15 is 0 Å². The number of hydrogen-bond donors (Lipinski definition) is 1. The lowest BCUT2D eigenvalue weighted by Gasteiger charge is -2.22. The molecule has 0 aliphatic rings. The highest BCUT2D eigenvalue weighted by Gasteiger charge is 2.23. The molecule has 0 saturated heterocycles. The van der Waals surface area contributed by atoms with Crippen LogP contribution in [0.15, 0.2) is 48.5 Å². The third-order valence-corrected chi connectivity index (χ3v) is 3.96. The highest BCUT2D eigenvalue weighted by Crippen LogP contribution is 2.17. The SMILES string of the molecule is CCN(CC(=O)NC(C)C)C(=O)c1ccccc1C(=O)c1ccc(F)cc1. The third-order valence-electron chi connectivity index (χ3n) is 3.96. The molecule has 2 aromatic carbocycles. The van der Waals surface area contributed by atoms with E-state index in [2.05, 4.69) is 5.32 Å². The van der Waals surface area contributed by atoms with Crippen LogP contribution in [0.25, 0.3) is 0 Å². The molecule has 0 bridgehead atoms. The summed E-state index contributed by atoms with van der Waals surface area (Å²) in [6.07, 6.45) is 0. The van der Waals surface area contributed by atoms with Crippen molar-refractivity contribution in [1.82, 2.24) is 10.2 Å². The molecule has 142 valence electrons. The minimum Gasteiger partial charge on any atom is -0.352 e. The zero-order chi connectivity index (χ0) is 20.0. The molecule has 0 saturated carbocycles. The summed E-state index contributed by atoms with van der Waals surface area (Å²) in [6.45, 7) is 5.68. The largest absolute Gasteiger partial charge is 0.352 e. The van der Waals surface area contributed by atoms with Gasteiger partial charge in [0.15, 0.2) is 5.78 Å². The van der Waals surface area contributed by atoms with Gasteiger partial charge in [-0.1, -0.05) is 18.2 Å². The minimum atomic E-state index is -0.441. The molecule has 6 heteroatoms. The zero-order valence-corrected chi connectivity index (χ0v) is 15.7. The smallest absolute Gasteiger partial charge is 0.255 e. The number of halogens is 1. The maximum Gasteiger partial charge on any atom is 0.255 e. The fraction of sp³-hybridized carbons (Fsp3) is 0.286. The van der Waals surface area contributed by atoms with Crippen LogP contribution in [0.1, 0.15) is 47.1 Å². The van der Waals surface area contributed by atoms with Gasteiger partial charge in [0, 0.05) is 23.7 Å². The maximum absolute atomic E-state index is 13.1. The van der Waals surface area contributed by atoms with Crippen LogP contribution in [0.3, 0.4) is 0 Å². The molecule has 0 spiro atoms. The first kappa shape index (κ1) is 20.3. The molecule has 0 aliphatic heterocycles.